The van der Waals surface area contributed by atoms with Gasteiger partial charge in [0.15, 0.2) is 0 Å². The van der Waals surface area contributed by atoms with Crippen molar-refractivity contribution in [2.24, 2.45) is 0 Å². The average Bonchev–Trinajstić information content (AvgIpc) is 1.63. The van der Waals surface area contributed by atoms with Crippen molar-refractivity contribution in [2.75, 3.05) is 12.4 Å². The van der Waals surface area contributed by atoms with Crippen LogP contribution in [0.4, 0.5) is 0 Å². The van der Waals surface area contributed by atoms with Crippen LogP contribution in [0, 0.1) is 0 Å². The van der Waals surface area contributed by atoms with Crippen LogP contribution >= 0.6 is 18.2 Å². The van der Waals surface area contributed by atoms with Crippen LogP contribution in [-0.2, 0) is 4.57 Å². The second-order valence-electron chi connectivity index (χ2n) is 1.40. The van der Waals surface area contributed by atoms with Crippen LogP contribution in [0.25, 0.3) is 0 Å². The highest BCUT2D eigenvalue weighted by molar-refractivity contribution is 8.54. The summed E-state index contributed by atoms with van der Waals surface area (Å²) in [5.74, 6) is 0.306. The third-order valence-corrected chi connectivity index (χ3v) is 2.93. The van der Waals surface area contributed by atoms with E-state index in [1.807, 2.05) is 0 Å². The van der Waals surface area contributed by atoms with E-state index in [9.17, 15) is 4.57 Å². The zero-order chi connectivity index (χ0) is 7.33. The van der Waals surface area contributed by atoms with E-state index in [4.69, 9.17) is 14.9 Å². The van der Waals surface area contributed by atoms with Gasteiger partial charge in [0.05, 0.1) is 0 Å². The van der Waals surface area contributed by atoms with Gasteiger partial charge >= 0.3 is 6.80 Å². The highest BCUT2D eigenvalue weighted by atomic mass is 32.7. The molecule has 4 nitrogen and oxygen atoms in total. The Hall–Kier alpha value is 0.460. The van der Waals surface area contributed by atoms with Gasteiger partial charge in [-0.15, -0.1) is 0 Å². The van der Waals surface area contributed by atoms with Gasteiger partial charge in [-0.05, 0) is 17.8 Å². The molecule has 0 unspecified atom stereocenters. The summed E-state index contributed by atoms with van der Waals surface area (Å²) in [5, 5.41) is 8.20. The van der Waals surface area contributed by atoms with E-state index in [0.29, 0.717) is 23.6 Å². The summed E-state index contributed by atoms with van der Waals surface area (Å²) >= 11 is 0.565. The molecule has 0 fully saturated rings. The molecular weight excluding hydrogens is 163 g/mol. The average molecular weight is 172 g/mol. The van der Waals surface area contributed by atoms with Crippen LogP contribution in [0.5, 0.6) is 0 Å². The third kappa shape index (κ3) is 8.46. The molecule has 0 aromatic heterocycles. The SMILES string of the molecule is O=P(O)(O)SCCCO. The minimum absolute atomic E-state index is 0.0208. The lowest BCUT2D eigenvalue weighted by Gasteiger charge is -1.99. The molecule has 9 heavy (non-hydrogen) atoms. The van der Waals surface area contributed by atoms with Crippen molar-refractivity contribution in [1.82, 2.24) is 0 Å². The van der Waals surface area contributed by atoms with Crippen LogP contribution in [0.15, 0.2) is 0 Å². The Labute approximate surface area is 57.2 Å². The lowest BCUT2D eigenvalue weighted by atomic mass is 10.5. The summed E-state index contributed by atoms with van der Waals surface area (Å²) in [5.41, 5.74) is 0. The molecule has 0 bridgehead atoms. The first-order valence-corrected chi connectivity index (χ1v) is 5.57. The molecule has 0 heterocycles. The second-order valence-corrected chi connectivity index (χ2v) is 5.25. The fourth-order valence-electron chi connectivity index (χ4n) is 0.248. The maximum Gasteiger partial charge on any atom is 0.383 e. The number of hydrogen-bond acceptors (Lipinski definition) is 3. The van der Waals surface area contributed by atoms with Crippen LogP contribution in [-0.4, -0.2) is 27.3 Å². The molecule has 0 aromatic rings. The Kier molecular flexibility index (Phi) is 4.52. The smallest absolute Gasteiger partial charge is 0.383 e. The topological polar surface area (TPSA) is 77.8 Å². The maximum absolute atomic E-state index is 10.1. The van der Waals surface area contributed by atoms with Gasteiger partial charge in [-0.3, -0.25) is 0 Å². The van der Waals surface area contributed by atoms with Gasteiger partial charge in [0, 0.05) is 12.4 Å². The van der Waals surface area contributed by atoms with Crippen molar-refractivity contribution < 1.29 is 19.5 Å². The van der Waals surface area contributed by atoms with E-state index in [2.05, 4.69) is 0 Å². The normalized spacial score (nSPS) is 11.9. The van der Waals surface area contributed by atoms with Crippen LogP contribution in [0.2, 0.25) is 0 Å². The Morgan fingerprint density at radius 3 is 2.33 bits per heavy atom. The Balaban J connectivity index is 3.18. The molecule has 0 aliphatic carbocycles. The van der Waals surface area contributed by atoms with E-state index in [-0.39, 0.29) is 6.61 Å². The molecule has 6 heteroatoms. The molecular formula is C3H9O4PS. The number of hydrogen-bond donors (Lipinski definition) is 3. The maximum atomic E-state index is 10.1. The van der Waals surface area contributed by atoms with Gasteiger partial charge in [0.2, 0.25) is 0 Å². The molecule has 0 saturated heterocycles. The molecule has 0 radical (unpaired) electrons. The van der Waals surface area contributed by atoms with Gasteiger partial charge in [-0.1, -0.05) is 0 Å². The first-order valence-electron chi connectivity index (χ1n) is 2.37. The minimum Gasteiger partial charge on any atom is -0.396 e. The first kappa shape index (κ1) is 9.46. The van der Waals surface area contributed by atoms with E-state index in [0.717, 1.165) is 0 Å². The summed E-state index contributed by atoms with van der Waals surface area (Å²) in [6.07, 6.45) is 0.426. The van der Waals surface area contributed by atoms with Crippen molar-refractivity contribution >= 4 is 18.2 Å². The van der Waals surface area contributed by atoms with Gasteiger partial charge in [0.1, 0.15) is 0 Å². The number of aliphatic hydroxyl groups excluding tert-OH is 1. The van der Waals surface area contributed by atoms with Crippen LogP contribution in [0.1, 0.15) is 6.42 Å². The molecule has 0 spiro atoms. The summed E-state index contributed by atoms with van der Waals surface area (Å²) in [4.78, 5) is 16.5. The molecule has 56 valence electrons. The standard InChI is InChI=1S/C3H9O4PS/c4-2-1-3-9-8(5,6)7/h4H,1-3H2,(H2,5,6,7). The van der Waals surface area contributed by atoms with Crippen molar-refractivity contribution in [1.29, 1.82) is 0 Å². The molecule has 0 aromatic carbocycles. The van der Waals surface area contributed by atoms with E-state index in [1.165, 1.54) is 0 Å². The number of rotatable bonds is 4. The summed E-state index contributed by atoms with van der Waals surface area (Å²) in [7, 11) is 0. The Bertz CT molecular complexity index is 110. The van der Waals surface area contributed by atoms with Crippen LogP contribution < -0.4 is 0 Å². The van der Waals surface area contributed by atoms with Crippen LogP contribution in [0.3, 0.4) is 0 Å². The van der Waals surface area contributed by atoms with Crippen molar-refractivity contribution in [3.8, 4) is 0 Å². The molecule has 0 atom stereocenters. The fourth-order valence-corrected chi connectivity index (χ4v) is 1.84. The molecule has 0 rings (SSSR count). The van der Waals surface area contributed by atoms with Gasteiger partial charge in [0.25, 0.3) is 0 Å². The number of aliphatic hydroxyl groups is 1. The lowest BCUT2D eigenvalue weighted by molar-refractivity contribution is 0.296. The summed E-state index contributed by atoms with van der Waals surface area (Å²) in [6.45, 7) is -3.91. The third-order valence-electron chi connectivity index (χ3n) is 0.562. The zero-order valence-electron chi connectivity index (χ0n) is 4.73. The zero-order valence-corrected chi connectivity index (χ0v) is 6.44. The quantitative estimate of drug-likeness (QED) is 0.417. The van der Waals surface area contributed by atoms with E-state index in [1.54, 1.807) is 0 Å². The second kappa shape index (κ2) is 4.30. The van der Waals surface area contributed by atoms with Gasteiger partial charge in [-0.2, -0.15) is 0 Å². The lowest BCUT2D eigenvalue weighted by Crippen LogP contribution is -1.84. The predicted molar refractivity (Wildman–Crippen MR) is 36.2 cm³/mol. The predicted octanol–water partition coefficient (Wildman–Crippen LogP) is 0.195. The monoisotopic (exact) mass is 172 g/mol. The highest BCUT2D eigenvalue weighted by Crippen LogP contribution is 2.50. The highest BCUT2D eigenvalue weighted by Gasteiger charge is 2.11. The van der Waals surface area contributed by atoms with Crippen molar-refractivity contribution in [3.05, 3.63) is 0 Å². The van der Waals surface area contributed by atoms with E-state index >= 15 is 0 Å². The van der Waals surface area contributed by atoms with Crippen molar-refractivity contribution in [2.45, 2.75) is 6.42 Å². The molecule has 3 N–H and O–H groups in total. The van der Waals surface area contributed by atoms with Crippen molar-refractivity contribution in [3.63, 3.8) is 0 Å². The Morgan fingerprint density at radius 1 is 1.44 bits per heavy atom. The van der Waals surface area contributed by atoms with Gasteiger partial charge < -0.3 is 14.9 Å². The van der Waals surface area contributed by atoms with E-state index < -0.39 is 6.80 Å². The summed E-state index contributed by atoms with van der Waals surface area (Å²) < 4.78 is 10.1. The first-order chi connectivity index (χ1) is 4.06. The van der Waals surface area contributed by atoms with Gasteiger partial charge in [-0.25, -0.2) is 4.57 Å². The molecule has 0 aliphatic rings. The minimum atomic E-state index is -3.89. The largest absolute Gasteiger partial charge is 0.396 e. The Morgan fingerprint density at radius 2 is 2.00 bits per heavy atom. The molecule has 0 amide bonds. The fraction of sp³-hybridized carbons (Fsp3) is 1.00. The summed E-state index contributed by atoms with van der Waals surface area (Å²) in [6, 6.07) is 0. The molecule has 0 saturated carbocycles. The molecule has 0 aliphatic heterocycles.